The van der Waals surface area contributed by atoms with Gasteiger partial charge in [-0.3, -0.25) is 0 Å². The molecule has 0 radical (unpaired) electrons. The largest absolute Gasteiger partial charge is 0.489 e. The molecule has 0 aromatic heterocycles. The number of hydrogen-bond acceptors (Lipinski definition) is 3. The van der Waals surface area contributed by atoms with Gasteiger partial charge >= 0.3 is 0 Å². The number of halogens is 3. The zero-order valence-corrected chi connectivity index (χ0v) is 21.0. The van der Waals surface area contributed by atoms with Gasteiger partial charge in [-0.15, -0.1) is 0 Å². The van der Waals surface area contributed by atoms with Crippen LogP contribution in [0, 0.1) is 23.4 Å². The van der Waals surface area contributed by atoms with Crippen LogP contribution in [-0.4, -0.2) is 23.9 Å². The second-order valence-corrected chi connectivity index (χ2v) is 10.4. The van der Waals surface area contributed by atoms with Crippen molar-refractivity contribution in [3.8, 4) is 5.75 Å². The fourth-order valence-electron chi connectivity index (χ4n) is 5.76. The third-order valence-electron chi connectivity index (χ3n) is 8.02. The van der Waals surface area contributed by atoms with Gasteiger partial charge < -0.3 is 14.6 Å². The van der Waals surface area contributed by atoms with E-state index < -0.39 is 11.6 Å². The minimum Gasteiger partial charge on any atom is -0.489 e. The Morgan fingerprint density at radius 1 is 0.917 bits per heavy atom. The van der Waals surface area contributed by atoms with Crippen molar-refractivity contribution in [1.29, 1.82) is 0 Å². The molecule has 0 aliphatic heterocycles. The van der Waals surface area contributed by atoms with E-state index in [1.165, 1.54) is 6.07 Å². The summed E-state index contributed by atoms with van der Waals surface area (Å²) in [4.78, 5) is 0. The van der Waals surface area contributed by atoms with Crippen LogP contribution in [0.2, 0.25) is 0 Å². The second kappa shape index (κ2) is 12.3. The van der Waals surface area contributed by atoms with Crippen molar-refractivity contribution in [1.82, 2.24) is 0 Å². The quantitative estimate of drug-likeness (QED) is 0.360. The van der Waals surface area contributed by atoms with Crippen LogP contribution in [-0.2, 0) is 11.3 Å². The number of benzene rings is 2. The Kier molecular flexibility index (Phi) is 9.13. The lowest BCUT2D eigenvalue weighted by Gasteiger charge is -2.32. The normalized spacial score (nSPS) is 25.4. The Bertz CT molecular complexity index is 1020. The molecule has 2 aliphatic carbocycles. The zero-order chi connectivity index (χ0) is 25.7. The van der Waals surface area contributed by atoms with Crippen molar-refractivity contribution in [2.75, 3.05) is 6.61 Å². The highest BCUT2D eigenvalue weighted by atomic mass is 19.2. The molecule has 0 saturated heterocycles. The predicted molar refractivity (Wildman–Crippen MR) is 135 cm³/mol. The summed E-state index contributed by atoms with van der Waals surface area (Å²) >= 11 is 0. The summed E-state index contributed by atoms with van der Waals surface area (Å²) in [5, 5.41) is 9.80. The highest BCUT2D eigenvalue weighted by Crippen LogP contribution is 2.41. The summed E-state index contributed by atoms with van der Waals surface area (Å²) in [6.45, 7) is 5.86. The number of rotatable bonds is 9. The first-order valence-electron chi connectivity index (χ1n) is 13.2. The SMILES string of the molecule is C=CCOc1ccc(COC2CCC(c3ccc(C4CCC(C(C)O)CC4)c(F)c3F)CC2)c(F)c1. The van der Waals surface area contributed by atoms with Crippen LogP contribution >= 0.6 is 0 Å². The van der Waals surface area contributed by atoms with Crippen molar-refractivity contribution in [2.45, 2.75) is 88.9 Å². The summed E-state index contributed by atoms with van der Waals surface area (Å²) in [6.07, 6.45) is 7.30. The van der Waals surface area contributed by atoms with Gasteiger partial charge in [0.1, 0.15) is 18.2 Å². The van der Waals surface area contributed by atoms with E-state index in [9.17, 15) is 9.50 Å². The molecule has 2 fully saturated rings. The first kappa shape index (κ1) is 26.7. The van der Waals surface area contributed by atoms with Crippen molar-refractivity contribution >= 4 is 0 Å². The summed E-state index contributed by atoms with van der Waals surface area (Å²) in [5.74, 6) is -1.13. The van der Waals surface area contributed by atoms with Gasteiger partial charge in [0.2, 0.25) is 0 Å². The number of hydrogen-bond donors (Lipinski definition) is 1. The number of aliphatic hydroxyl groups is 1. The molecule has 2 aliphatic rings. The highest BCUT2D eigenvalue weighted by molar-refractivity contribution is 5.32. The summed E-state index contributed by atoms with van der Waals surface area (Å²) in [7, 11) is 0. The third-order valence-corrected chi connectivity index (χ3v) is 8.02. The maximum Gasteiger partial charge on any atom is 0.162 e. The molecule has 1 N–H and O–H groups in total. The van der Waals surface area contributed by atoms with E-state index in [2.05, 4.69) is 6.58 Å². The fourth-order valence-corrected chi connectivity index (χ4v) is 5.76. The topological polar surface area (TPSA) is 38.7 Å². The fraction of sp³-hybridized carbons (Fsp3) is 0.533. The molecule has 2 aromatic rings. The molecule has 0 amide bonds. The van der Waals surface area contributed by atoms with Gasteiger partial charge in [0.15, 0.2) is 11.6 Å². The molecular formula is C30H37F3O3. The molecule has 2 saturated carbocycles. The Morgan fingerprint density at radius 2 is 1.50 bits per heavy atom. The van der Waals surface area contributed by atoms with Crippen LogP contribution in [0.25, 0.3) is 0 Å². The smallest absolute Gasteiger partial charge is 0.162 e. The predicted octanol–water partition coefficient (Wildman–Crippen LogP) is 7.57. The third kappa shape index (κ3) is 6.33. The minimum atomic E-state index is -0.713. The lowest BCUT2D eigenvalue weighted by Crippen LogP contribution is -2.23. The molecule has 196 valence electrons. The van der Waals surface area contributed by atoms with E-state index in [1.54, 1.807) is 37.3 Å². The molecule has 2 aromatic carbocycles. The zero-order valence-electron chi connectivity index (χ0n) is 21.0. The maximum atomic E-state index is 15.1. The first-order valence-corrected chi connectivity index (χ1v) is 13.2. The van der Waals surface area contributed by atoms with Crippen LogP contribution < -0.4 is 4.74 Å². The van der Waals surface area contributed by atoms with Crippen molar-refractivity contribution in [3.05, 3.63) is 77.1 Å². The standard InChI is InChI=1S/C30H37F3O3/c1-3-16-35-25-13-10-23(28(31)17-25)18-36-24-11-8-22(9-12-24)27-15-14-26(29(32)30(27)33)21-6-4-20(5-7-21)19(2)34/h3,10,13-15,17,19-22,24,34H,1,4-9,11-12,16,18H2,2H3. The molecule has 1 unspecified atom stereocenters. The molecule has 3 nitrogen and oxygen atoms in total. The molecular weight excluding hydrogens is 465 g/mol. The van der Waals surface area contributed by atoms with E-state index in [0.29, 0.717) is 41.9 Å². The molecule has 0 heterocycles. The average Bonchev–Trinajstić information content (AvgIpc) is 2.89. The van der Waals surface area contributed by atoms with Crippen LogP contribution in [0.1, 0.15) is 86.8 Å². The Hall–Kier alpha value is -2.31. The van der Waals surface area contributed by atoms with Gasteiger partial charge in [0.25, 0.3) is 0 Å². The van der Waals surface area contributed by atoms with Crippen molar-refractivity contribution in [3.63, 3.8) is 0 Å². The molecule has 0 spiro atoms. The van der Waals surface area contributed by atoms with Gasteiger partial charge in [-0.05, 0) is 93.2 Å². The van der Waals surface area contributed by atoms with E-state index in [0.717, 1.165) is 38.5 Å². The Balaban J connectivity index is 1.30. The van der Waals surface area contributed by atoms with Crippen LogP contribution in [0.3, 0.4) is 0 Å². The molecule has 36 heavy (non-hydrogen) atoms. The first-order chi connectivity index (χ1) is 17.4. The van der Waals surface area contributed by atoms with E-state index in [-0.39, 0.29) is 42.4 Å². The Morgan fingerprint density at radius 3 is 2.03 bits per heavy atom. The monoisotopic (exact) mass is 502 g/mol. The lowest BCUT2D eigenvalue weighted by atomic mass is 9.76. The van der Waals surface area contributed by atoms with Crippen molar-refractivity contribution in [2.24, 2.45) is 5.92 Å². The summed E-state index contributed by atoms with van der Waals surface area (Å²) in [6, 6.07) is 8.26. The minimum absolute atomic E-state index is 0.00990. The highest BCUT2D eigenvalue weighted by Gasteiger charge is 2.30. The molecule has 0 bridgehead atoms. The van der Waals surface area contributed by atoms with Gasteiger partial charge in [0, 0.05) is 11.6 Å². The van der Waals surface area contributed by atoms with E-state index in [1.807, 2.05) is 0 Å². The van der Waals surface area contributed by atoms with Crippen LogP contribution in [0.15, 0.2) is 43.0 Å². The Labute approximate surface area is 212 Å². The molecule has 1 atom stereocenters. The maximum absolute atomic E-state index is 15.1. The van der Waals surface area contributed by atoms with Gasteiger partial charge in [0.05, 0.1) is 18.8 Å². The van der Waals surface area contributed by atoms with Gasteiger partial charge in [-0.25, -0.2) is 13.2 Å². The molecule has 6 heteroatoms. The summed E-state index contributed by atoms with van der Waals surface area (Å²) < 4.78 is 55.8. The average molecular weight is 503 g/mol. The lowest BCUT2D eigenvalue weighted by molar-refractivity contribution is 0.0118. The van der Waals surface area contributed by atoms with Crippen molar-refractivity contribution < 1.29 is 27.8 Å². The van der Waals surface area contributed by atoms with Gasteiger partial charge in [-0.1, -0.05) is 30.9 Å². The second-order valence-electron chi connectivity index (χ2n) is 10.4. The van der Waals surface area contributed by atoms with Crippen LogP contribution in [0.4, 0.5) is 13.2 Å². The van der Waals surface area contributed by atoms with Crippen LogP contribution in [0.5, 0.6) is 5.75 Å². The van der Waals surface area contributed by atoms with Gasteiger partial charge in [-0.2, -0.15) is 0 Å². The number of ether oxygens (including phenoxy) is 2. The van der Waals surface area contributed by atoms with E-state index in [4.69, 9.17) is 9.47 Å². The number of aliphatic hydroxyl groups excluding tert-OH is 1. The summed E-state index contributed by atoms with van der Waals surface area (Å²) in [5.41, 5.74) is 1.39. The molecule has 4 rings (SSSR count). The van der Waals surface area contributed by atoms with E-state index >= 15 is 8.78 Å².